The van der Waals surface area contributed by atoms with Crippen LogP contribution in [0.1, 0.15) is 19.4 Å². The maximum absolute atomic E-state index is 9.22. The van der Waals surface area contributed by atoms with Gasteiger partial charge in [-0.2, -0.15) is 0 Å². The maximum atomic E-state index is 9.22. The molecule has 82 valence electrons. The molecule has 0 aliphatic carbocycles. The van der Waals surface area contributed by atoms with Gasteiger partial charge in [-0.3, -0.25) is 4.79 Å². The minimum atomic E-state index is -0.833. The van der Waals surface area contributed by atoms with E-state index in [1.54, 1.807) is 31.2 Å². The van der Waals surface area contributed by atoms with E-state index in [9.17, 15) is 5.11 Å². The molecule has 0 saturated carbocycles. The molecule has 15 heavy (non-hydrogen) atoms. The predicted octanol–water partition coefficient (Wildman–Crippen LogP) is 1.68. The van der Waals surface area contributed by atoms with Crippen LogP contribution in [-0.2, 0) is 4.79 Å². The van der Waals surface area contributed by atoms with Gasteiger partial charge in [0.2, 0.25) is 0 Å². The number of benzene rings is 1. The molecule has 0 bridgehead atoms. The van der Waals surface area contributed by atoms with Crippen molar-refractivity contribution in [2.75, 3.05) is 0 Å². The molecule has 0 radical (unpaired) electrons. The van der Waals surface area contributed by atoms with Gasteiger partial charge < -0.3 is 15.4 Å². The van der Waals surface area contributed by atoms with Crippen LogP contribution in [-0.4, -0.2) is 27.1 Å². The van der Waals surface area contributed by atoms with Gasteiger partial charge in [0.1, 0.15) is 5.75 Å². The summed E-state index contributed by atoms with van der Waals surface area (Å²) < 4.78 is 0. The first kappa shape index (κ1) is 13.0. The molecule has 1 aromatic carbocycles. The number of oxime groups is 1. The second-order valence-corrected chi connectivity index (χ2v) is 2.72. The number of phenolic OH excluding ortho intramolecular Hbond substituents is 1. The van der Waals surface area contributed by atoms with Crippen LogP contribution >= 0.6 is 0 Å². The molecule has 0 unspecified atom stereocenters. The third kappa shape index (κ3) is 5.30. The predicted molar refractivity (Wildman–Crippen MR) is 55.4 cm³/mol. The summed E-state index contributed by atoms with van der Waals surface area (Å²) in [6.45, 7) is 2.70. The summed E-state index contributed by atoms with van der Waals surface area (Å²) in [5, 5.41) is 28.0. The lowest BCUT2D eigenvalue weighted by Crippen LogP contribution is -1.93. The van der Waals surface area contributed by atoms with Crippen LogP contribution in [0.5, 0.6) is 5.75 Å². The van der Waals surface area contributed by atoms with Crippen molar-refractivity contribution in [3.05, 3.63) is 29.8 Å². The van der Waals surface area contributed by atoms with Gasteiger partial charge in [-0.1, -0.05) is 17.3 Å². The summed E-state index contributed by atoms with van der Waals surface area (Å²) in [6.07, 6.45) is 0. The molecule has 0 atom stereocenters. The monoisotopic (exact) mass is 211 g/mol. The molecule has 3 N–H and O–H groups in total. The van der Waals surface area contributed by atoms with Crippen molar-refractivity contribution in [1.29, 1.82) is 0 Å². The van der Waals surface area contributed by atoms with Crippen molar-refractivity contribution in [2.45, 2.75) is 13.8 Å². The summed E-state index contributed by atoms with van der Waals surface area (Å²) in [6, 6.07) is 6.71. The molecular weight excluding hydrogens is 198 g/mol. The SMILES string of the molecule is CC(=NO)c1ccccc1O.CC(=O)O. The van der Waals surface area contributed by atoms with E-state index in [1.165, 1.54) is 0 Å². The number of phenols is 1. The zero-order chi connectivity index (χ0) is 11.8. The first-order valence-electron chi connectivity index (χ1n) is 4.15. The molecule has 1 rings (SSSR count). The Labute approximate surface area is 87.3 Å². The van der Waals surface area contributed by atoms with E-state index < -0.39 is 5.97 Å². The van der Waals surface area contributed by atoms with Crippen LogP contribution in [0.25, 0.3) is 0 Å². The molecule has 0 saturated heterocycles. The van der Waals surface area contributed by atoms with Gasteiger partial charge in [-0.15, -0.1) is 0 Å². The fraction of sp³-hybridized carbons (Fsp3) is 0.200. The van der Waals surface area contributed by atoms with E-state index in [2.05, 4.69) is 5.16 Å². The van der Waals surface area contributed by atoms with E-state index >= 15 is 0 Å². The smallest absolute Gasteiger partial charge is 0.300 e. The molecule has 1 aromatic rings. The number of para-hydroxylation sites is 1. The Balaban J connectivity index is 0.000000423. The van der Waals surface area contributed by atoms with Gasteiger partial charge in [-0.25, -0.2) is 0 Å². The van der Waals surface area contributed by atoms with Crippen molar-refractivity contribution >= 4 is 11.7 Å². The highest BCUT2D eigenvalue weighted by atomic mass is 16.4. The van der Waals surface area contributed by atoms with Crippen LogP contribution in [0.4, 0.5) is 0 Å². The van der Waals surface area contributed by atoms with E-state index in [1.807, 2.05) is 0 Å². The Bertz CT molecular complexity index is 356. The molecule has 0 amide bonds. The normalized spacial score (nSPS) is 10.1. The van der Waals surface area contributed by atoms with E-state index in [4.69, 9.17) is 15.1 Å². The van der Waals surface area contributed by atoms with Gasteiger partial charge in [0, 0.05) is 12.5 Å². The molecule has 5 nitrogen and oxygen atoms in total. The number of aromatic hydroxyl groups is 1. The highest BCUT2D eigenvalue weighted by Gasteiger charge is 2.01. The van der Waals surface area contributed by atoms with Gasteiger partial charge in [0.05, 0.1) is 5.71 Å². The zero-order valence-corrected chi connectivity index (χ0v) is 8.51. The molecule has 0 heterocycles. The number of carbonyl (C=O) groups is 1. The minimum Gasteiger partial charge on any atom is -0.507 e. The standard InChI is InChI=1S/C8H9NO2.C2H4O2/c1-6(9-11)7-4-2-3-5-8(7)10;1-2(3)4/h2-5,10-11H,1H3;1H3,(H,3,4). The first-order valence-corrected chi connectivity index (χ1v) is 4.15. The number of rotatable bonds is 1. The Hall–Kier alpha value is -2.04. The summed E-state index contributed by atoms with van der Waals surface area (Å²) >= 11 is 0. The van der Waals surface area contributed by atoms with Crippen LogP contribution in [0.15, 0.2) is 29.4 Å². The van der Waals surface area contributed by atoms with Crippen molar-refractivity contribution in [2.24, 2.45) is 5.16 Å². The second kappa shape index (κ2) is 6.42. The zero-order valence-electron chi connectivity index (χ0n) is 8.51. The first-order chi connectivity index (χ1) is 6.99. The summed E-state index contributed by atoms with van der Waals surface area (Å²) in [5.41, 5.74) is 0.957. The lowest BCUT2D eigenvalue weighted by atomic mass is 10.1. The quantitative estimate of drug-likeness (QED) is 0.374. The molecular formula is C10H13NO4. The lowest BCUT2D eigenvalue weighted by Gasteiger charge is -1.99. The molecule has 0 aliphatic rings. The summed E-state index contributed by atoms with van der Waals surface area (Å²) in [4.78, 5) is 9.00. The molecule has 0 aliphatic heterocycles. The fourth-order valence-electron chi connectivity index (χ4n) is 0.833. The minimum absolute atomic E-state index is 0.128. The van der Waals surface area contributed by atoms with Gasteiger partial charge >= 0.3 is 0 Å². The van der Waals surface area contributed by atoms with Gasteiger partial charge in [0.25, 0.3) is 5.97 Å². The lowest BCUT2D eigenvalue weighted by molar-refractivity contribution is -0.134. The molecule has 5 heteroatoms. The van der Waals surface area contributed by atoms with E-state index in [0.717, 1.165) is 6.92 Å². The number of hydrogen-bond acceptors (Lipinski definition) is 4. The third-order valence-corrected chi connectivity index (χ3v) is 1.44. The number of nitrogens with zero attached hydrogens (tertiary/aromatic N) is 1. The maximum Gasteiger partial charge on any atom is 0.300 e. The number of carboxylic acid groups (broad SMARTS) is 1. The average Bonchev–Trinajstić information content (AvgIpc) is 2.16. The highest BCUT2D eigenvalue weighted by Crippen LogP contribution is 2.15. The largest absolute Gasteiger partial charge is 0.507 e. The number of aliphatic carboxylic acids is 1. The van der Waals surface area contributed by atoms with Crippen LogP contribution in [0.3, 0.4) is 0 Å². The molecule has 0 spiro atoms. The number of hydrogen-bond donors (Lipinski definition) is 3. The van der Waals surface area contributed by atoms with E-state index in [0.29, 0.717) is 11.3 Å². The van der Waals surface area contributed by atoms with Crippen molar-refractivity contribution < 1.29 is 20.2 Å². The summed E-state index contributed by atoms with van der Waals surface area (Å²) in [7, 11) is 0. The Kier molecular flexibility index (Phi) is 5.55. The Morgan fingerprint density at radius 2 is 1.73 bits per heavy atom. The number of carboxylic acids is 1. The highest BCUT2D eigenvalue weighted by molar-refractivity contribution is 6.00. The Morgan fingerprint density at radius 1 is 1.27 bits per heavy atom. The average molecular weight is 211 g/mol. The topological polar surface area (TPSA) is 90.1 Å². The molecule has 0 aromatic heterocycles. The summed E-state index contributed by atoms with van der Waals surface area (Å²) in [5.74, 6) is -0.706. The second-order valence-electron chi connectivity index (χ2n) is 2.72. The van der Waals surface area contributed by atoms with Gasteiger partial charge in [0.15, 0.2) is 0 Å². The van der Waals surface area contributed by atoms with Crippen LogP contribution < -0.4 is 0 Å². The molecule has 0 fully saturated rings. The van der Waals surface area contributed by atoms with Crippen molar-refractivity contribution in [1.82, 2.24) is 0 Å². The van der Waals surface area contributed by atoms with Gasteiger partial charge in [-0.05, 0) is 19.1 Å². The van der Waals surface area contributed by atoms with Crippen molar-refractivity contribution in [3.63, 3.8) is 0 Å². The third-order valence-electron chi connectivity index (χ3n) is 1.44. The Morgan fingerprint density at radius 3 is 2.13 bits per heavy atom. The van der Waals surface area contributed by atoms with Crippen molar-refractivity contribution in [3.8, 4) is 5.75 Å². The fourth-order valence-corrected chi connectivity index (χ4v) is 0.833. The van der Waals surface area contributed by atoms with Crippen LogP contribution in [0.2, 0.25) is 0 Å². The van der Waals surface area contributed by atoms with E-state index in [-0.39, 0.29) is 5.75 Å². The van der Waals surface area contributed by atoms with Crippen LogP contribution in [0, 0.1) is 0 Å².